The molecule has 0 bridgehead atoms. The number of aromatic carboxylic acids is 1. The zero-order chi connectivity index (χ0) is 12.8. The molecule has 1 heterocycles. The molecule has 94 valence electrons. The van der Waals surface area contributed by atoms with Crippen LogP contribution in [0.15, 0.2) is 35.8 Å². The second kappa shape index (κ2) is 6.16. The van der Waals surface area contributed by atoms with Crippen LogP contribution in [0, 0.1) is 0 Å². The Kier molecular flexibility index (Phi) is 4.30. The lowest BCUT2D eigenvalue weighted by molar-refractivity contribution is 0.0690. The van der Waals surface area contributed by atoms with Gasteiger partial charge in [0.15, 0.2) is 5.69 Å². The molecule has 1 aromatic heterocycles. The summed E-state index contributed by atoms with van der Waals surface area (Å²) in [5.74, 6) is -0.129. The number of benzene rings is 1. The van der Waals surface area contributed by atoms with Crippen LogP contribution in [0.3, 0.4) is 0 Å². The van der Waals surface area contributed by atoms with Gasteiger partial charge in [-0.1, -0.05) is 18.2 Å². The van der Waals surface area contributed by atoms with Crippen LogP contribution in [-0.2, 0) is 6.42 Å². The molecule has 0 unspecified atom stereocenters. The Morgan fingerprint density at radius 1 is 1.33 bits per heavy atom. The Bertz CT molecular complexity index is 510. The molecular weight excluding hydrogens is 250 g/mol. The molecule has 0 spiro atoms. The van der Waals surface area contributed by atoms with Gasteiger partial charge in [0.2, 0.25) is 0 Å². The summed E-state index contributed by atoms with van der Waals surface area (Å²) in [6.45, 7) is 0.570. The average molecular weight is 263 g/mol. The molecule has 0 radical (unpaired) electrons. The van der Waals surface area contributed by atoms with Crippen molar-refractivity contribution in [2.45, 2.75) is 12.8 Å². The number of aromatic nitrogens is 1. The topological polar surface area (TPSA) is 59.4 Å². The van der Waals surface area contributed by atoms with E-state index in [4.69, 9.17) is 9.84 Å². The lowest BCUT2D eigenvalue weighted by Gasteiger charge is -2.05. The number of nitrogens with zero attached hydrogens (tertiary/aromatic N) is 1. The van der Waals surface area contributed by atoms with E-state index in [1.807, 2.05) is 30.3 Å². The van der Waals surface area contributed by atoms with Gasteiger partial charge in [0.05, 0.1) is 12.1 Å². The van der Waals surface area contributed by atoms with E-state index in [9.17, 15) is 4.79 Å². The standard InChI is InChI=1S/C13H13NO3S/c15-13(16)12-11(18-9-14-12)7-4-8-17-10-5-2-1-3-6-10/h1-3,5-6,9H,4,7-8H2,(H,15,16). The second-order valence-corrected chi connectivity index (χ2v) is 4.63. The van der Waals surface area contributed by atoms with Gasteiger partial charge in [-0.3, -0.25) is 0 Å². The van der Waals surface area contributed by atoms with Crippen LogP contribution >= 0.6 is 11.3 Å². The predicted molar refractivity (Wildman–Crippen MR) is 69.3 cm³/mol. The molecular formula is C13H13NO3S. The third-order valence-electron chi connectivity index (χ3n) is 2.40. The zero-order valence-electron chi connectivity index (χ0n) is 9.70. The van der Waals surface area contributed by atoms with E-state index in [-0.39, 0.29) is 5.69 Å². The molecule has 4 nitrogen and oxygen atoms in total. The summed E-state index contributed by atoms with van der Waals surface area (Å²) in [6.07, 6.45) is 1.45. The van der Waals surface area contributed by atoms with Crippen LogP contribution in [0.25, 0.3) is 0 Å². The maximum Gasteiger partial charge on any atom is 0.355 e. The number of aryl methyl sites for hydroxylation is 1. The van der Waals surface area contributed by atoms with E-state index in [0.717, 1.165) is 17.0 Å². The molecule has 0 aliphatic rings. The summed E-state index contributed by atoms with van der Waals surface area (Å²) in [4.78, 5) is 15.5. The molecule has 0 aliphatic heterocycles. The molecule has 0 atom stereocenters. The van der Waals surface area contributed by atoms with Crippen molar-refractivity contribution in [2.75, 3.05) is 6.61 Å². The summed E-state index contributed by atoms with van der Waals surface area (Å²) >= 11 is 1.38. The quantitative estimate of drug-likeness (QED) is 0.814. The van der Waals surface area contributed by atoms with Crippen molar-refractivity contribution in [3.8, 4) is 5.75 Å². The van der Waals surface area contributed by atoms with Crippen LogP contribution in [-0.4, -0.2) is 22.7 Å². The van der Waals surface area contributed by atoms with Crippen molar-refractivity contribution >= 4 is 17.3 Å². The number of thiazole rings is 1. The number of ether oxygens (including phenoxy) is 1. The number of carboxylic acids is 1. The minimum atomic E-state index is -0.963. The van der Waals surface area contributed by atoms with Gasteiger partial charge >= 0.3 is 5.97 Å². The number of rotatable bonds is 6. The van der Waals surface area contributed by atoms with Gasteiger partial charge in [-0.05, 0) is 25.0 Å². The molecule has 1 N–H and O–H groups in total. The van der Waals surface area contributed by atoms with Crippen LogP contribution in [0.2, 0.25) is 0 Å². The smallest absolute Gasteiger partial charge is 0.355 e. The maximum atomic E-state index is 10.8. The van der Waals surface area contributed by atoms with E-state index in [2.05, 4.69) is 4.98 Å². The van der Waals surface area contributed by atoms with E-state index in [1.165, 1.54) is 11.3 Å². The van der Waals surface area contributed by atoms with E-state index in [1.54, 1.807) is 5.51 Å². The monoisotopic (exact) mass is 263 g/mol. The van der Waals surface area contributed by atoms with E-state index < -0.39 is 5.97 Å². The molecule has 0 fully saturated rings. The highest BCUT2D eigenvalue weighted by molar-refractivity contribution is 7.09. The average Bonchev–Trinajstić information content (AvgIpc) is 2.84. The highest BCUT2D eigenvalue weighted by Crippen LogP contribution is 2.16. The number of carboxylic acid groups (broad SMARTS) is 1. The minimum absolute atomic E-state index is 0.166. The van der Waals surface area contributed by atoms with Crippen molar-refractivity contribution in [1.29, 1.82) is 0 Å². The minimum Gasteiger partial charge on any atom is -0.494 e. The Morgan fingerprint density at radius 2 is 2.11 bits per heavy atom. The molecule has 2 aromatic rings. The highest BCUT2D eigenvalue weighted by atomic mass is 32.1. The number of para-hydroxylation sites is 1. The molecule has 0 amide bonds. The van der Waals surface area contributed by atoms with Crippen molar-refractivity contribution in [1.82, 2.24) is 4.98 Å². The van der Waals surface area contributed by atoms with Gasteiger partial charge < -0.3 is 9.84 Å². The molecule has 5 heteroatoms. The third kappa shape index (κ3) is 3.30. The molecule has 0 aliphatic carbocycles. The van der Waals surface area contributed by atoms with Gasteiger partial charge in [-0.25, -0.2) is 9.78 Å². The first-order valence-corrected chi connectivity index (χ1v) is 6.49. The van der Waals surface area contributed by atoms with Gasteiger partial charge in [-0.15, -0.1) is 11.3 Å². The SMILES string of the molecule is O=C(O)c1ncsc1CCCOc1ccccc1. The Hall–Kier alpha value is -1.88. The first-order chi connectivity index (χ1) is 8.77. The summed E-state index contributed by atoms with van der Waals surface area (Å²) in [6, 6.07) is 9.57. The summed E-state index contributed by atoms with van der Waals surface area (Å²) in [7, 11) is 0. The van der Waals surface area contributed by atoms with Crippen LogP contribution in [0.4, 0.5) is 0 Å². The number of hydrogen-bond acceptors (Lipinski definition) is 4. The van der Waals surface area contributed by atoms with Gasteiger partial charge in [0, 0.05) is 4.88 Å². The lowest BCUT2D eigenvalue weighted by atomic mass is 10.2. The van der Waals surface area contributed by atoms with Crippen molar-refractivity contribution in [3.05, 3.63) is 46.4 Å². The van der Waals surface area contributed by atoms with Gasteiger partial charge in [-0.2, -0.15) is 0 Å². The molecule has 1 aromatic carbocycles. The van der Waals surface area contributed by atoms with Gasteiger partial charge in [0.1, 0.15) is 5.75 Å². The molecule has 18 heavy (non-hydrogen) atoms. The number of hydrogen-bond donors (Lipinski definition) is 1. The summed E-state index contributed by atoms with van der Waals surface area (Å²) < 4.78 is 5.54. The normalized spacial score (nSPS) is 10.2. The largest absolute Gasteiger partial charge is 0.494 e. The Balaban J connectivity index is 1.79. The summed E-state index contributed by atoms with van der Waals surface area (Å²) in [5.41, 5.74) is 1.73. The first-order valence-electron chi connectivity index (χ1n) is 5.61. The number of carbonyl (C=O) groups is 1. The van der Waals surface area contributed by atoms with Crippen molar-refractivity contribution < 1.29 is 14.6 Å². The Labute approximate surface area is 109 Å². The predicted octanol–water partition coefficient (Wildman–Crippen LogP) is 2.85. The fourth-order valence-corrected chi connectivity index (χ4v) is 2.36. The van der Waals surface area contributed by atoms with Crippen LogP contribution in [0.1, 0.15) is 21.8 Å². The van der Waals surface area contributed by atoms with Crippen LogP contribution < -0.4 is 4.74 Å². The fourth-order valence-electron chi connectivity index (χ4n) is 1.56. The molecule has 0 saturated carbocycles. The van der Waals surface area contributed by atoms with Crippen molar-refractivity contribution in [2.24, 2.45) is 0 Å². The lowest BCUT2D eigenvalue weighted by Crippen LogP contribution is -2.03. The van der Waals surface area contributed by atoms with E-state index >= 15 is 0 Å². The first kappa shape index (κ1) is 12.6. The molecule has 0 saturated heterocycles. The van der Waals surface area contributed by atoms with Crippen LogP contribution in [0.5, 0.6) is 5.75 Å². The Morgan fingerprint density at radius 3 is 2.83 bits per heavy atom. The van der Waals surface area contributed by atoms with Crippen molar-refractivity contribution in [3.63, 3.8) is 0 Å². The third-order valence-corrected chi connectivity index (χ3v) is 3.30. The maximum absolute atomic E-state index is 10.8. The fraction of sp³-hybridized carbons (Fsp3) is 0.231. The second-order valence-electron chi connectivity index (χ2n) is 3.69. The molecule has 2 rings (SSSR count). The summed E-state index contributed by atoms with van der Waals surface area (Å²) in [5, 5.41) is 8.90. The van der Waals surface area contributed by atoms with E-state index in [0.29, 0.717) is 13.0 Å². The highest BCUT2D eigenvalue weighted by Gasteiger charge is 2.12. The zero-order valence-corrected chi connectivity index (χ0v) is 10.5. The van der Waals surface area contributed by atoms with Gasteiger partial charge in [0.25, 0.3) is 0 Å².